The highest BCUT2D eigenvalue weighted by Crippen LogP contribution is 2.15. The van der Waals surface area contributed by atoms with Gasteiger partial charge >= 0.3 is 0 Å². The van der Waals surface area contributed by atoms with E-state index < -0.39 is 0 Å². The molecule has 0 bridgehead atoms. The number of hydrogen-bond donors (Lipinski definition) is 0. The highest BCUT2D eigenvalue weighted by atomic mass is 16.1. The van der Waals surface area contributed by atoms with Crippen molar-refractivity contribution < 1.29 is 4.79 Å². The average Bonchev–Trinajstić information content (AvgIpc) is 2.05. The predicted molar refractivity (Wildman–Crippen MR) is 41.6 cm³/mol. The Kier molecular flexibility index (Phi) is 2.22. The van der Waals surface area contributed by atoms with Crippen molar-refractivity contribution in [3.63, 3.8) is 0 Å². The lowest BCUT2D eigenvalue weighted by molar-refractivity contribution is -0.113. The van der Waals surface area contributed by atoms with E-state index in [2.05, 4.69) is 6.07 Å². The molecule has 2 heteroatoms. The van der Waals surface area contributed by atoms with Crippen LogP contribution in [0.4, 0.5) is 0 Å². The molecule has 0 aromatic rings. The SMILES string of the molecule is CC(=O)C1=CCC(C#N)C=C1. The van der Waals surface area contributed by atoms with E-state index in [1.807, 2.05) is 6.08 Å². The van der Waals surface area contributed by atoms with Gasteiger partial charge in [-0.3, -0.25) is 4.79 Å². The number of nitrogens with zero attached hydrogens (tertiary/aromatic N) is 1. The van der Waals surface area contributed by atoms with E-state index in [0.717, 1.165) is 5.57 Å². The maximum absolute atomic E-state index is 10.8. The van der Waals surface area contributed by atoms with Gasteiger partial charge in [-0.25, -0.2) is 0 Å². The van der Waals surface area contributed by atoms with Gasteiger partial charge in [-0.2, -0.15) is 5.26 Å². The molecule has 1 aliphatic rings. The molecular weight excluding hydrogens is 138 g/mol. The van der Waals surface area contributed by atoms with Gasteiger partial charge in [0.2, 0.25) is 0 Å². The summed E-state index contributed by atoms with van der Waals surface area (Å²) < 4.78 is 0. The van der Waals surface area contributed by atoms with Crippen molar-refractivity contribution in [3.05, 3.63) is 23.8 Å². The zero-order valence-corrected chi connectivity index (χ0v) is 6.37. The van der Waals surface area contributed by atoms with Crippen molar-refractivity contribution in [2.45, 2.75) is 13.3 Å². The van der Waals surface area contributed by atoms with Crippen LogP contribution in [0, 0.1) is 17.2 Å². The topological polar surface area (TPSA) is 40.9 Å². The Morgan fingerprint density at radius 3 is 2.91 bits per heavy atom. The second-order valence-corrected chi connectivity index (χ2v) is 2.55. The van der Waals surface area contributed by atoms with Crippen LogP contribution < -0.4 is 0 Å². The lowest BCUT2D eigenvalue weighted by atomic mass is 9.96. The van der Waals surface area contributed by atoms with Crippen LogP contribution in [0.2, 0.25) is 0 Å². The molecule has 1 rings (SSSR count). The van der Waals surface area contributed by atoms with E-state index in [4.69, 9.17) is 5.26 Å². The molecule has 56 valence electrons. The second kappa shape index (κ2) is 3.16. The van der Waals surface area contributed by atoms with Gasteiger partial charge < -0.3 is 0 Å². The standard InChI is InChI=1S/C9H9NO/c1-7(11)9-4-2-8(6-10)3-5-9/h2,4-5,8H,3H2,1H3. The van der Waals surface area contributed by atoms with Crippen LogP contribution >= 0.6 is 0 Å². The molecule has 0 radical (unpaired) electrons. The zero-order valence-electron chi connectivity index (χ0n) is 6.37. The first kappa shape index (κ1) is 7.74. The molecule has 0 fully saturated rings. The molecule has 0 saturated carbocycles. The molecule has 1 aliphatic carbocycles. The predicted octanol–water partition coefficient (Wildman–Crippen LogP) is 1.60. The van der Waals surface area contributed by atoms with Gasteiger partial charge in [-0.05, 0) is 13.3 Å². The molecule has 0 aromatic heterocycles. The van der Waals surface area contributed by atoms with Gasteiger partial charge in [0.15, 0.2) is 5.78 Å². The quantitative estimate of drug-likeness (QED) is 0.565. The molecule has 0 N–H and O–H groups in total. The number of carbonyl (C=O) groups excluding carboxylic acids is 1. The fourth-order valence-electron chi connectivity index (χ4n) is 0.977. The highest BCUT2D eigenvalue weighted by molar-refractivity contribution is 5.96. The first-order valence-electron chi connectivity index (χ1n) is 3.53. The van der Waals surface area contributed by atoms with Crippen molar-refractivity contribution in [1.82, 2.24) is 0 Å². The summed E-state index contributed by atoms with van der Waals surface area (Å²) >= 11 is 0. The summed E-state index contributed by atoms with van der Waals surface area (Å²) in [6.45, 7) is 1.53. The normalized spacial score (nSPS) is 22.2. The second-order valence-electron chi connectivity index (χ2n) is 2.55. The van der Waals surface area contributed by atoms with Crippen LogP contribution in [0.25, 0.3) is 0 Å². The molecule has 1 atom stereocenters. The van der Waals surface area contributed by atoms with Crippen LogP contribution in [-0.2, 0) is 4.79 Å². The Hall–Kier alpha value is -1.36. The van der Waals surface area contributed by atoms with Crippen molar-refractivity contribution in [1.29, 1.82) is 5.26 Å². The van der Waals surface area contributed by atoms with E-state index in [9.17, 15) is 4.79 Å². The van der Waals surface area contributed by atoms with Gasteiger partial charge in [0.25, 0.3) is 0 Å². The van der Waals surface area contributed by atoms with Crippen molar-refractivity contribution in [3.8, 4) is 6.07 Å². The van der Waals surface area contributed by atoms with Crippen LogP contribution in [-0.4, -0.2) is 5.78 Å². The first-order valence-corrected chi connectivity index (χ1v) is 3.53. The minimum absolute atomic E-state index is 0.0434. The number of Topliss-reactive ketones (excluding diaryl/α,β-unsaturated/α-hetero) is 1. The van der Waals surface area contributed by atoms with Gasteiger partial charge in [0.1, 0.15) is 0 Å². The number of ketones is 1. The van der Waals surface area contributed by atoms with Crippen molar-refractivity contribution in [2.24, 2.45) is 5.92 Å². The summed E-state index contributed by atoms with van der Waals surface area (Å²) in [5.74, 6) is 0.0238. The van der Waals surface area contributed by atoms with E-state index >= 15 is 0 Å². The highest BCUT2D eigenvalue weighted by Gasteiger charge is 2.08. The third-order valence-corrected chi connectivity index (χ3v) is 1.67. The minimum atomic E-state index is -0.0434. The maximum atomic E-state index is 10.8. The smallest absolute Gasteiger partial charge is 0.159 e. The van der Waals surface area contributed by atoms with E-state index in [1.54, 1.807) is 12.2 Å². The summed E-state index contributed by atoms with van der Waals surface area (Å²) in [5.41, 5.74) is 0.719. The van der Waals surface area contributed by atoms with Crippen molar-refractivity contribution >= 4 is 5.78 Å². The van der Waals surface area contributed by atoms with E-state index in [-0.39, 0.29) is 11.7 Å². The Labute approximate surface area is 65.8 Å². The third kappa shape index (κ3) is 1.78. The van der Waals surface area contributed by atoms with Crippen LogP contribution in [0.1, 0.15) is 13.3 Å². The molecule has 0 heterocycles. The lowest BCUT2D eigenvalue weighted by Gasteiger charge is -2.06. The number of allylic oxidation sites excluding steroid dienone is 4. The number of hydrogen-bond acceptors (Lipinski definition) is 2. The average molecular weight is 147 g/mol. The fraction of sp³-hybridized carbons (Fsp3) is 0.333. The Morgan fingerprint density at radius 2 is 2.55 bits per heavy atom. The zero-order chi connectivity index (χ0) is 8.27. The van der Waals surface area contributed by atoms with E-state index in [1.165, 1.54) is 6.92 Å². The molecule has 0 saturated heterocycles. The van der Waals surface area contributed by atoms with Gasteiger partial charge in [-0.1, -0.05) is 18.2 Å². The first-order chi connectivity index (χ1) is 5.24. The molecule has 0 aromatic carbocycles. The lowest BCUT2D eigenvalue weighted by Crippen LogP contribution is -2.01. The third-order valence-electron chi connectivity index (χ3n) is 1.67. The fourth-order valence-corrected chi connectivity index (χ4v) is 0.977. The summed E-state index contributed by atoms with van der Waals surface area (Å²) in [6.07, 6.45) is 5.98. The Balaban J connectivity index is 2.69. The van der Waals surface area contributed by atoms with Crippen LogP contribution in [0.5, 0.6) is 0 Å². The molecule has 2 nitrogen and oxygen atoms in total. The molecule has 0 amide bonds. The Bertz CT molecular complexity index is 268. The largest absolute Gasteiger partial charge is 0.295 e. The number of rotatable bonds is 1. The molecule has 0 spiro atoms. The molecule has 0 aliphatic heterocycles. The molecule has 1 unspecified atom stereocenters. The van der Waals surface area contributed by atoms with Crippen LogP contribution in [0.3, 0.4) is 0 Å². The Morgan fingerprint density at radius 1 is 1.82 bits per heavy atom. The van der Waals surface area contributed by atoms with Gasteiger partial charge in [0, 0.05) is 5.57 Å². The molecule has 11 heavy (non-hydrogen) atoms. The van der Waals surface area contributed by atoms with Crippen LogP contribution in [0.15, 0.2) is 23.8 Å². The summed E-state index contributed by atoms with van der Waals surface area (Å²) in [6, 6.07) is 2.12. The van der Waals surface area contributed by atoms with Gasteiger partial charge in [0.05, 0.1) is 12.0 Å². The van der Waals surface area contributed by atoms with Crippen molar-refractivity contribution in [2.75, 3.05) is 0 Å². The monoisotopic (exact) mass is 147 g/mol. The summed E-state index contributed by atoms with van der Waals surface area (Å²) in [4.78, 5) is 10.8. The maximum Gasteiger partial charge on any atom is 0.159 e. The summed E-state index contributed by atoms with van der Waals surface area (Å²) in [5, 5.41) is 8.50. The molecular formula is C9H9NO. The minimum Gasteiger partial charge on any atom is -0.295 e. The summed E-state index contributed by atoms with van der Waals surface area (Å²) in [7, 11) is 0. The number of nitriles is 1. The number of carbonyl (C=O) groups is 1. The van der Waals surface area contributed by atoms with E-state index in [0.29, 0.717) is 6.42 Å². The van der Waals surface area contributed by atoms with Gasteiger partial charge in [-0.15, -0.1) is 0 Å².